The Hall–Kier alpha value is -2.44. The van der Waals surface area contributed by atoms with Gasteiger partial charge >= 0.3 is 5.97 Å². The second-order valence-electron chi connectivity index (χ2n) is 9.40. The van der Waals surface area contributed by atoms with Gasteiger partial charge in [-0.15, -0.1) is 0 Å². The molecule has 2 aliphatic heterocycles. The quantitative estimate of drug-likeness (QED) is 0.490. The van der Waals surface area contributed by atoms with Crippen molar-refractivity contribution in [2.45, 2.75) is 63.4 Å². The van der Waals surface area contributed by atoms with Crippen LogP contribution in [0, 0.1) is 0 Å². The van der Waals surface area contributed by atoms with Crippen LogP contribution in [0.5, 0.6) is 0 Å². The summed E-state index contributed by atoms with van der Waals surface area (Å²) < 4.78 is 6.24. The third-order valence-corrected chi connectivity index (χ3v) is 6.80. The normalized spacial score (nSPS) is 19.5. The predicted octanol–water partition coefficient (Wildman–Crippen LogP) is 4.50. The number of hydrogen-bond donors (Lipinski definition) is 2. The van der Waals surface area contributed by atoms with Crippen molar-refractivity contribution in [2.75, 3.05) is 38.1 Å². The minimum absolute atomic E-state index is 0.0994. The number of aryl methyl sites for hydroxylation is 2. The van der Waals surface area contributed by atoms with Gasteiger partial charge in [-0.3, -0.25) is 4.79 Å². The SMILES string of the molecule is O=C(O)C[C@H](CO[C@@H]1CCCN(CCCCc2ccc3c(n2)NCCC3)C1)c1ccccc1. The molecule has 178 valence electrons. The van der Waals surface area contributed by atoms with Gasteiger partial charge in [0, 0.05) is 24.7 Å². The van der Waals surface area contributed by atoms with E-state index in [-0.39, 0.29) is 18.4 Å². The molecule has 2 atom stereocenters. The van der Waals surface area contributed by atoms with Crippen LogP contribution in [0.1, 0.15) is 61.3 Å². The van der Waals surface area contributed by atoms with Gasteiger partial charge in [0.15, 0.2) is 0 Å². The molecule has 6 heteroatoms. The predicted molar refractivity (Wildman–Crippen MR) is 131 cm³/mol. The highest BCUT2D eigenvalue weighted by molar-refractivity contribution is 5.68. The molecule has 1 aromatic carbocycles. The van der Waals surface area contributed by atoms with E-state index in [1.54, 1.807) is 0 Å². The van der Waals surface area contributed by atoms with Crippen LogP contribution in [0.25, 0.3) is 0 Å². The van der Waals surface area contributed by atoms with E-state index >= 15 is 0 Å². The Bertz CT molecular complexity index is 889. The van der Waals surface area contributed by atoms with E-state index in [9.17, 15) is 9.90 Å². The molecule has 0 aliphatic carbocycles. The number of carbonyl (C=O) groups is 1. The highest BCUT2D eigenvalue weighted by Gasteiger charge is 2.23. The third-order valence-electron chi connectivity index (χ3n) is 6.80. The fourth-order valence-electron chi connectivity index (χ4n) is 4.96. The van der Waals surface area contributed by atoms with Gasteiger partial charge in [0.2, 0.25) is 0 Å². The van der Waals surface area contributed by atoms with Crippen LogP contribution in [-0.2, 0) is 22.4 Å². The van der Waals surface area contributed by atoms with Gasteiger partial charge in [0.05, 0.1) is 19.1 Å². The van der Waals surface area contributed by atoms with Crippen molar-refractivity contribution in [3.63, 3.8) is 0 Å². The number of pyridine rings is 1. The molecule has 2 N–H and O–H groups in total. The van der Waals surface area contributed by atoms with Gasteiger partial charge in [-0.1, -0.05) is 36.4 Å². The molecule has 0 unspecified atom stereocenters. The van der Waals surface area contributed by atoms with Crippen molar-refractivity contribution in [3.05, 3.63) is 59.3 Å². The standard InChI is InChI=1S/C27H37N3O3/c31-26(32)18-23(21-8-2-1-3-9-21)20-33-25-12-7-17-30(19-25)16-5-4-11-24-14-13-22-10-6-15-28-27(22)29-24/h1-3,8-9,13-14,23,25H,4-7,10-12,15-20H2,(H,28,29)(H,31,32)/t23-,25-/m1/s1. The number of nitrogens with one attached hydrogen (secondary N) is 1. The topological polar surface area (TPSA) is 74.7 Å². The van der Waals surface area contributed by atoms with Crippen molar-refractivity contribution < 1.29 is 14.6 Å². The lowest BCUT2D eigenvalue weighted by Crippen LogP contribution is -2.40. The van der Waals surface area contributed by atoms with E-state index in [1.165, 1.54) is 17.7 Å². The fourth-order valence-corrected chi connectivity index (χ4v) is 4.96. The fraction of sp³-hybridized carbons (Fsp3) is 0.556. The number of rotatable bonds is 11. The molecule has 0 saturated carbocycles. The van der Waals surface area contributed by atoms with Gasteiger partial charge in [-0.2, -0.15) is 0 Å². The number of anilines is 1. The maximum atomic E-state index is 11.3. The molecule has 33 heavy (non-hydrogen) atoms. The van der Waals surface area contributed by atoms with E-state index in [0.29, 0.717) is 6.61 Å². The van der Waals surface area contributed by atoms with Crippen molar-refractivity contribution in [1.29, 1.82) is 0 Å². The van der Waals surface area contributed by atoms with Crippen LogP contribution in [-0.4, -0.2) is 59.8 Å². The molecule has 2 aromatic rings. The molecule has 1 aromatic heterocycles. The number of aromatic nitrogens is 1. The summed E-state index contributed by atoms with van der Waals surface area (Å²) in [6, 6.07) is 14.3. The zero-order valence-electron chi connectivity index (χ0n) is 19.5. The van der Waals surface area contributed by atoms with Gasteiger partial charge < -0.3 is 20.1 Å². The highest BCUT2D eigenvalue weighted by Crippen LogP contribution is 2.23. The minimum atomic E-state index is -0.776. The highest BCUT2D eigenvalue weighted by atomic mass is 16.5. The largest absolute Gasteiger partial charge is 0.481 e. The summed E-state index contributed by atoms with van der Waals surface area (Å²) >= 11 is 0. The molecule has 1 fully saturated rings. The zero-order chi connectivity index (χ0) is 22.9. The van der Waals surface area contributed by atoms with E-state index in [2.05, 4.69) is 22.3 Å². The number of fused-ring (bicyclic) bond motifs is 1. The lowest BCUT2D eigenvalue weighted by Gasteiger charge is -2.33. The van der Waals surface area contributed by atoms with Crippen LogP contribution in [0.4, 0.5) is 5.82 Å². The number of likely N-dealkylation sites (tertiary alicyclic amines) is 1. The van der Waals surface area contributed by atoms with Crippen LogP contribution < -0.4 is 5.32 Å². The second kappa shape index (κ2) is 12.1. The average molecular weight is 452 g/mol. The Morgan fingerprint density at radius 2 is 2.06 bits per heavy atom. The summed E-state index contributed by atoms with van der Waals surface area (Å²) in [7, 11) is 0. The lowest BCUT2D eigenvalue weighted by atomic mass is 9.96. The monoisotopic (exact) mass is 451 g/mol. The van der Waals surface area contributed by atoms with E-state index in [4.69, 9.17) is 9.72 Å². The van der Waals surface area contributed by atoms with Crippen molar-refractivity contribution in [3.8, 4) is 0 Å². The summed E-state index contributed by atoms with van der Waals surface area (Å²) in [5, 5.41) is 12.7. The Morgan fingerprint density at radius 3 is 2.91 bits per heavy atom. The zero-order valence-corrected chi connectivity index (χ0v) is 19.5. The molecule has 1 saturated heterocycles. The van der Waals surface area contributed by atoms with E-state index < -0.39 is 5.97 Å². The van der Waals surface area contributed by atoms with Crippen LogP contribution >= 0.6 is 0 Å². The lowest BCUT2D eigenvalue weighted by molar-refractivity contribution is -0.138. The number of carboxylic acids is 1. The third kappa shape index (κ3) is 7.27. The first-order valence-electron chi connectivity index (χ1n) is 12.5. The molecule has 4 rings (SSSR count). The number of nitrogens with zero attached hydrogens (tertiary/aromatic N) is 2. The maximum Gasteiger partial charge on any atom is 0.304 e. The molecular weight excluding hydrogens is 414 g/mol. The first kappa shape index (κ1) is 23.7. The molecule has 0 radical (unpaired) electrons. The molecule has 3 heterocycles. The summed E-state index contributed by atoms with van der Waals surface area (Å²) in [6.07, 6.45) is 8.13. The van der Waals surface area contributed by atoms with Crippen LogP contribution in [0.2, 0.25) is 0 Å². The van der Waals surface area contributed by atoms with E-state index in [1.807, 2.05) is 30.3 Å². The number of hydrogen-bond acceptors (Lipinski definition) is 5. The number of aliphatic carboxylic acids is 1. The first-order valence-corrected chi connectivity index (χ1v) is 12.5. The molecule has 6 nitrogen and oxygen atoms in total. The first-order chi connectivity index (χ1) is 16.2. The second-order valence-corrected chi connectivity index (χ2v) is 9.40. The van der Waals surface area contributed by atoms with Crippen LogP contribution in [0.3, 0.4) is 0 Å². The molecule has 0 bridgehead atoms. The number of carboxylic acid groups (broad SMARTS) is 1. The molecule has 0 amide bonds. The minimum Gasteiger partial charge on any atom is -0.481 e. The van der Waals surface area contributed by atoms with E-state index in [0.717, 1.165) is 76.1 Å². The van der Waals surface area contributed by atoms with Gasteiger partial charge in [0.25, 0.3) is 0 Å². The molecule has 2 aliphatic rings. The smallest absolute Gasteiger partial charge is 0.304 e. The Balaban J connectivity index is 1.19. The summed E-state index contributed by atoms with van der Waals surface area (Å²) in [4.78, 5) is 18.6. The average Bonchev–Trinajstić information content (AvgIpc) is 2.85. The molecular formula is C27H37N3O3. The van der Waals surface area contributed by atoms with Crippen molar-refractivity contribution in [2.24, 2.45) is 0 Å². The molecule has 0 spiro atoms. The van der Waals surface area contributed by atoms with Crippen LogP contribution in [0.15, 0.2) is 42.5 Å². The van der Waals surface area contributed by atoms with Gasteiger partial charge in [0.1, 0.15) is 5.82 Å². The number of unbranched alkanes of at least 4 members (excludes halogenated alkanes) is 1. The number of ether oxygens (including phenoxy) is 1. The van der Waals surface area contributed by atoms with Gasteiger partial charge in [-0.05, 0) is 75.2 Å². The Labute approximate surface area is 197 Å². The Kier molecular flexibility index (Phi) is 8.72. The summed E-state index contributed by atoms with van der Waals surface area (Å²) in [6.45, 7) is 4.64. The maximum absolute atomic E-state index is 11.3. The van der Waals surface area contributed by atoms with Crippen molar-refractivity contribution >= 4 is 11.8 Å². The van der Waals surface area contributed by atoms with Gasteiger partial charge in [-0.25, -0.2) is 4.98 Å². The number of piperidine rings is 1. The summed E-state index contributed by atoms with van der Waals surface area (Å²) in [5.41, 5.74) is 3.58. The van der Waals surface area contributed by atoms with Crippen molar-refractivity contribution in [1.82, 2.24) is 9.88 Å². The Morgan fingerprint density at radius 1 is 1.18 bits per heavy atom. The summed E-state index contributed by atoms with van der Waals surface area (Å²) in [5.74, 6) is 0.214. The number of benzene rings is 1.